The van der Waals surface area contributed by atoms with Crippen LogP contribution >= 0.6 is 0 Å². The average molecular weight is 243 g/mol. The lowest BCUT2D eigenvalue weighted by Gasteiger charge is -2.07. The Kier molecular flexibility index (Phi) is 3.60. The minimum Gasteiger partial charge on any atom is -0.481 e. The Labute approximate surface area is 106 Å². The van der Waals surface area contributed by atoms with E-state index in [-0.39, 0.29) is 6.42 Å². The summed E-state index contributed by atoms with van der Waals surface area (Å²) in [6.45, 7) is 4.13. The second kappa shape index (κ2) is 5.17. The van der Waals surface area contributed by atoms with Gasteiger partial charge < -0.3 is 5.11 Å². The Hall–Kier alpha value is -1.90. The van der Waals surface area contributed by atoms with Crippen molar-refractivity contribution in [2.75, 3.05) is 0 Å². The third-order valence-electron chi connectivity index (χ3n) is 3.18. The van der Waals surface area contributed by atoms with Gasteiger partial charge in [-0.1, -0.05) is 12.1 Å². The van der Waals surface area contributed by atoms with Crippen LogP contribution in [0.25, 0.3) is 10.9 Å². The zero-order valence-electron chi connectivity index (χ0n) is 10.7. The molecule has 1 N–H and O–H groups in total. The molecule has 0 saturated heterocycles. The number of hydrogen-bond acceptors (Lipinski definition) is 2. The lowest BCUT2D eigenvalue weighted by molar-refractivity contribution is -0.137. The van der Waals surface area contributed by atoms with E-state index in [4.69, 9.17) is 5.11 Å². The summed E-state index contributed by atoms with van der Waals surface area (Å²) in [5, 5.41) is 9.80. The summed E-state index contributed by atoms with van der Waals surface area (Å²) >= 11 is 0. The number of carbonyl (C=O) groups is 1. The number of carboxylic acids is 1. The van der Waals surface area contributed by atoms with Crippen LogP contribution in [0, 0.1) is 13.8 Å². The lowest BCUT2D eigenvalue weighted by Crippen LogP contribution is -1.97. The minimum absolute atomic E-state index is 0.213. The van der Waals surface area contributed by atoms with Crippen LogP contribution in [0.4, 0.5) is 0 Å². The van der Waals surface area contributed by atoms with Crippen LogP contribution in [0.1, 0.15) is 29.5 Å². The summed E-state index contributed by atoms with van der Waals surface area (Å²) in [7, 11) is 0. The number of carboxylic acid groups (broad SMARTS) is 1. The summed E-state index contributed by atoms with van der Waals surface area (Å²) in [4.78, 5) is 15.0. The molecule has 0 aliphatic heterocycles. The van der Waals surface area contributed by atoms with Crippen molar-refractivity contribution in [3.63, 3.8) is 0 Å². The molecule has 1 heterocycles. The number of benzene rings is 1. The first-order valence-electron chi connectivity index (χ1n) is 6.14. The number of aromatic nitrogens is 1. The third kappa shape index (κ3) is 2.67. The van der Waals surface area contributed by atoms with Gasteiger partial charge in [-0.25, -0.2) is 0 Å². The average Bonchev–Trinajstić information content (AvgIpc) is 2.34. The summed E-state index contributed by atoms with van der Waals surface area (Å²) < 4.78 is 0. The standard InChI is InChI=1S/C15H17NO2/c1-10-6-7-11(2)15-13(10)8-12(9-16-15)4-3-5-14(17)18/h6-9H,3-5H2,1-2H3,(H,17,18). The molecule has 3 heteroatoms. The van der Waals surface area contributed by atoms with Crippen molar-refractivity contribution in [3.8, 4) is 0 Å². The third-order valence-corrected chi connectivity index (χ3v) is 3.18. The van der Waals surface area contributed by atoms with Gasteiger partial charge >= 0.3 is 5.97 Å². The molecule has 0 aliphatic rings. The van der Waals surface area contributed by atoms with E-state index in [1.165, 1.54) is 16.5 Å². The number of nitrogens with zero attached hydrogens (tertiary/aromatic N) is 1. The van der Waals surface area contributed by atoms with Crippen LogP contribution in [-0.2, 0) is 11.2 Å². The number of hydrogen-bond donors (Lipinski definition) is 1. The fraction of sp³-hybridized carbons (Fsp3) is 0.333. The molecule has 1 aromatic carbocycles. The van der Waals surface area contributed by atoms with Gasteiger partial charge in [-0.15, -0.1) is 0 Å². The van der Waals surface area contributed by atoms with Crippen molar-refractivity contribution in [3.05, 3.63) is 41.1 Å². The lowest BCUT2D eigenvalue weighted by atomic mass is 10.0. The van der Waals surface area contributed by atoms with Crippen molar-refractivity contribution in [1.82, 2.24) is 4.98 Å². The molecule has 0 aliphatic carbocycles. The number of pyridine rings is 1. The molecule has 0 amide bonds. The second-order valence-corrected chi connectivity index (χ2v) is 4.69. The second-order valence-electron chi connectivity index (χ2n) is 4.69. The molecule has 2 rings (SSSR count). The largest absolute Gasteiger partial charge is 0.481 e. The molecule has 0 bridgehead atoms. The first kappa shape index (κ1) is 12.6. The van der Waals surface area contributed by atoms with Crippen LogP contribution in [-0.4, -0.2) is 16.1 Å². The van der Waals surface area contributed by atoms with E-state index >= 15 is 0 Å². The van der Waals surface area contributed by atoms with Gasteiger partial charge in [-0.3, -0.25) is 9.78 Å². The first-order valence-corrected chi connectivity index (χ1v) is 6.14. The number of aliphatic carboxylic acids is 1. The summed E-state index contributed by atoms with van der Waals surface area (Å²) in [6.07, 6.45) is 3.50. The maximum absolute atomic E-state index is 10.5. The molecule has 94 valence electrons. The van der Waals surface area contributed by atoms with Crippen molar-refractivity contribution in [2.24, 2.45) is 0 Å². The van der Waals surface area contributed by atoms with Crippen LogP contribution in [0.15, 0.2) is 24.4 Å². The maximum Gasteiger partial charge on any atom is 0.303 e. The SMILES string of the molecule is Cc1ccc(C)c2ncc(CCCC(=O)O)cc12. The normalized spacial score (nSPS) is 10.8. The van der Waals surface area contributed by atoms with E-state index in [0.717, 1.165) is 17.5 Å². The Balaban J connectivity index is 2.27. The van der Waals surface area contributed by atoms with E-state index in [9.17, 15) is 4.79 Å². The Morgan fingerprint density at radius 3 is 2.72 bits per heavy atom. The predicted octanol–water partition coefficient (Wildman–Crippen LogP) is 3.26. The Morgan fingerprint density at radius 1 is 1.28 bits per heavy atom. The number of rotatable bonds is 4. The van der Waals surface area contributed by atoms with Gasteiger partial charge in [0.25, 0.3) is 0 Å². The Morgan fingerprint density at radius 2 is 2.00 bits per heavy atom. The molecule has 0 fully saturated rings. The summed E-state index contributed by atoms with van der Waals surface area (Å²) in [6, 6.07) is 6.31. The summed E-state index contributed by atoms with van der Waals surface area (Å²) in [5.41, 5.74) is 4.53. The zero-order chi connectivity index (χ0) is 13.1. The van der Waals surface area contributed by atoms with Gasteiger partial charge in [0.15, 0.2) is 0 Å². The predicted molar refractivity (Wildman–Crippen MR) is 71.8 cm³/mol. The van der Waals surface area contributed by atoms with Gasteiger partial charge in [0.1, 0.15) is 0 Å². The van der Waals surface area contributed by atoms with Crippen molar-refractivity contribution in [2.45, 2.75) is 33.1 Å². The molecule has 0 atom stereocenters. The van der Waals surface area contributed by atoms with E-state index in [2.05, 4.69) is 37.0 Å². The molecule has 3 nitrogen and oxygen atoms in total. The topological polar surface area (TPSA) is 50.2 Å². The molecular formula is C15H17NO2. The monoisotopic (exact) mass is 243 g/mol. The fourth-order valence-electron chi connectivity index (χ4n) is 2.12. The van der Waals surface area contributed by atoms with Gasteiger partial charge in [-0.05, 0) is 49.4 Å². The van der Waals surface area contributed by atoms with E-state index in [1.54, 1.807) is 0 Å². The molecular weight excluding hydrogens is 226 g/mol. The molecule has 0 spiro atoms. The highest BCUT2D eigenvalue weighted by molar-refractivity contribution is 5.85. The van der Waals surface area contributed by atoms with Crippen LogP contribution in [0.3, 0.4) is 0 Å². The van der Waals surface area contributed by atoms with E-state index in [0.29, 0.717) is 6.42 Å². The first-order chi connectivity index (χ1) is 8.58. The molecule has 0 unspecified atom stereocenters. The molecule has 0 saturated carbocycles. The van der Waals surface area contributed by atoms with Gasteiger partial charge in [0.05, 0.1) is 5.52 Å². The molecule has 2 aromatic rings. The highest BCUT2D eigenvalue weighted by Crippen LogP contribution is 2.21. The quantitative estimate of drug-likeness (QED) is 0.896. The molecule has 1 aromatic heterocycles. The van der Waals surface area contributed by atoms with Crippen molar-refractivity contribution >= 4 is 16.9 Å². The van der Waals surface area contributed by atoms with E-state index in [1.807, 2.05) is 6.20 Å². The Bertz CT molecular complexity index is 590. The fourth-order valence-corrected chi connectivity index (χ4v) is 2.12. The van der Waals surface area contributed by atoms with Crippen LogP contribution < -0.4 is 0 Å². The summed E-state index contributed by atoms with van der Waals surface area (Å²) in [5.74, 6) is -0.740. The van der Waals surface area contributed by atoms with Crippen molar-refractivity contribution < 1.29 is 9.90 Å². The molecule has 18 heavy (non-hydrogen) atoms. The van der Waals surface area contributed by atoms with Gasteiger partial charge in [0.2, 0.25) is 0 Å². The van der Waals surface area contributed by atoms with E-state index < -0.39 is 5.97 Å². The van der Waals surface area contributed by atoms with Crippen molar-refractivity contribution in [1.29, 1.82) is 0 Å². The number of aryl methyl sites for hydroxylation is 3. The zero-order valence-corrected chi connectivity index (χ0v) is 10.7. The molecule has 0 radical (unpaired) electrons. The van der Waals surface area contributed by atoms with Gasteiger partial charge in [0, 0.05) is 18.0 Å². The smallest absolute Gasteiger partial charge is 0.303 e. The van der Waals surface area contributed by atoms with Crippen LogP contribution in [0.5, 0.6) is 0 Å². The van der Waals surface area contributed by atoms with Crippen LogP contribution in [0.2, 0.25) is 0 Å². The minimum atomic E-state index is -0.740. The van der Waals surface area contributed by atoms with Gasteiger partial charge in [-0.2, -0.15) is 0 Å². The maximum atomic E-state index is 10.5. The number of fused-ring (bicyclic) bond motifs is 1. The highest BCUT2D eigenvalue weighted by Gasteiger charge is 2.04. The highest BCUT2D eigenvalue weighted by atomic mass is 16.4.